The van der Waals surface area contributed by atoms with Crippen molar-refractivity contribution in [2.45, 2.75) is 32.9 Å². The smallest absolute Gasteiger partial charge is 0.276 e. The maximum atomic E-state index is 12.7. The lowest BCUT2D eigenvalue weighted by molar-refractivity contribution is 0.0734. The molecule has 1 aromatic heterocycles. The molecular weight excluding hydrogens is 314 g/mol. The van der Waals surface area contributed by atoms with Gasteiger partial charge in [0.15, 0.2) is 5.69 Å². The van der Waals surface area contributed by atoms with Crippen LogP contribution in [-0.2, 0) is 13.1 Å². The topological polar surface area (TPSA) is 77.0 Å². The van der Waals surface area contributed by atoms with Crippen molar-refractivity contribution in [3.05, 3.63) is 46.7 Å². The minimum absolute atomic E-state index is 0.114. The van der Waals surface area contributed by atoms with E-state index in [0.717, 1.165) is 18.4 Å². The number of carbonyl (C=O) groups is 1. The molecule has 2 rings (SSSR count). The number of nitrogens with zero attached hydrogens (tertiary/aromatic N) is 4. The maximum Gasteiger partial charge on any atom is 0.276 e. The second-order valence-electron chi connectivity index (χ2n) is 5.36. The van der Waals surface area contributed by atoms with Crippen LogP contribution in [0, 0.1) is 0 Å². The highest BCUT2D eigenvalue weighted by Crippen LogP contribution is 2.13. The van der Waals surface area contributed by atoms with Gasteiger partial charge in [-0.2, -0.15) is 0 Å². The van der Waals surface area contributed by atoms with Crippen LogP contribution in [0.2, 0.25) is 5.02 Å². The van der Waals surface area contributed by atoms with Gasteiger partial charge in [-0.05, 0) is 24.1 Å². The number of carbonyl (C=O) groups excluding carboxylic acids is 1. The molecule has 2 aromatic rings. The first kappa shape index (κ1) is 17.4. The number of rotatable bonds is 8. The Bertz CT molecular complexity index is 626. The fourth-order valence-corrected chi connectivity index (χ4v) is 2.34. The van der Waals surface area contributed by atoms with Gasteiger partial charge in [0.2, 0.25) is 0 Å². The van der Waals surface area contributed by atoms with E-state index in [2.05, 4.69) is 17.2 Å². The lowest BCUT2D eigenvalue weighted by Gasteiger charge is -2.21. The van der Waals surface area contributed by atoms with Gasteiger partial charge in [-0.3, -0.25) is 9.48 Å². The van der Waals surface area contributed by atoms with Crippen molar-refractivity contribution in [1.29, 1.82) is 0 Å². The van der Waals surface area contributed by atoms with Gasteiger partial charge < -0.3 is 10.6 Å². The van der Waals surface area contributed by atoms with Gasteiger partial charge in [-0.25, -0.2) is 0 Å². The van der Waals surface area contributed by atoms with Crippen LogP contribution in [0.4, 0.5) is 0 Å². The molecule has 0 atom stereocenters. The molecule has 7 heteroatoms. The molecule has 1 amide bonds. The molecule has 0 saturated carbocycles. The second kappa shape index (κ2) is 8.64. The van der Waals surface area contributed by atoms with Crippen molar-refractivity contribution in [2.75, 3.05) is 13.1 Å². The average molecular weight is 336 g/mol. The summed E-state index contributed by atoms with van der Waals surface area (Å²) in [5.41, 5.74) is 6.88. The Morgan fingerprint density at radius 2 is 2.09 bits per heavy atom. The molecule has 0 saturated heterocycles. The number of amides is 1. The van der Waals surface area contributed by atoms with Crippen molar-refractivity contribution >= 4 is 17.5 Å². The van der Waals surface area contributed by atoms with Crippen LogP contribution in [0.1, 0.15) is 35.8 Å². The van der Waals surface area contributed by atoms with E-state index in [-0.39, 0.29) is 5.91 Å². The van der Waals surface area contributed by atoms with Gasteiger partial charge >= 0.3 is 0 Å². The van der Waals surface area contributed by atoms with Crippen LogP contribution in [0.5, 0.6) is 0 Å². The molecule has 0 spiro atoms. The minimum atomic E-state index is -0.114. The number of halogens is 1. The van der Waals surface area contributed by atoms with Crippen molar-refractivity contribution in [1.82, 2.24) is 19.9 Å². The van der Waals surface area contributed by atoms with E-state index in [4.69, 9.17) is 17.3 Å². The van der Waals surface area contributed by atoms with E-state index in [9.17, 15) is 4.79 Å². The lowest BCUT2D eigenvalue weighted by atomic mass is 10.2. The minimum Gasteiger partial charge on any atom is -0.333 e. The monoisotopic (exact) mass is 335 g/mol. The van der Waals surface area contributed by atoms with Gasteiger partial charge in [0.1, 0.15) is 0 Å². The molecule has 0 radical (unpaired) electrons. The van der Waals surface area contributed by atoms with Gasteiger partial charge in [-0.15, -0.1) is 5.10 Å². The molecule has 0 aliphatic heterocycles. The molecule has 1 aromatic carbocycles. The summed E-state index contributed by atoms with van der Waals surface area (Å²) in [6, 6.07) is 7.52. The molecule has 2 N–H and O–H groups in total. The first-order chi connectivity index (χ1) is 11.1. The summed E-state index contributed by atoms with van der Waals surface area (Å²) >= 11 is 5.91. The van der Waals surface area contributed by atoms with Crippen LogP contribution in [0.3, 0.4) is 0 Å². The Balaban J connectivity index is 2.12. The van der Waals surface area contributed by atoms with E-state index in [0.29, 0.717) is 36.9 Å². The van der Waals surface area contributed by atoms with Crippen LogP contribution < -0.4 is 5.73 Å². The van der Waals surface area contributed by atoms with E-state index in [1.807, 2.05) is 24.3 Å². The molecule has 124 valence electrons. The number of unbranched alkanes of at least 4 members (excludes halogenated alkanes) is 1. The first-order valence-electron chi connectivity index (χ1n) is 7.78. The molecule has 23 heavy (non-hydrogen) atoms. The highest BCUT2D eigenvalue weighted by atomic mass is 35.5. The number of benzene rings is 1. The summed E-state index contributed by atoms with van der Waals surface area (Å²) < 4.78 is 1.59. The van der Waals surface area contributed by atoms with E-state index < -0.39 is 0 Å². The zero-order chi connectivity index (χ0) is 16.7. The molecule has 0 aliphatic carbocycles. The standard InChI is InChI=1S/C16H22ClN5O/c1-2-3-9-21(11-13-4-6-14(17)7-5-13)16(23)15-12-22(10-8-18)20-19-15/h4-7,12H,2-3,8-11,18H2,1H3. The van der Waals surface area contributed by atoms with Gasteiger partial charge in [0.05, 0.1) is 12.7 Å². The summed E-state index contributed by atoms with van der Waals surface area (Å²) in [5.74, 6) is -0.114. The van der Waals surface area contributed by atoms with Gasteiger partial charge in [0, 0.05) is 24.7 Å². The van der Waals surface area contributed by atoms with Gasteiger partial charge in [0.25, 0.3) is 5.91 Å². The fourth-order valence-electron chi connectivity index (χ4n) is 2.21. The zero-order valence-corrected chi connectivity index (χ0v) is 14.0. The first-order valence-corrected chi connectivity index (χ1v) is 8.15. The Hall–Kier alpha value is -1.92. The second-order valence-corrected chi connectivity index (χ2v) is 5.80. The van der Waals surface area contributed by atoms with Crippen LogP contribution in [-0.4, -0.2) is 38.9 Å². The highest BCUT2D eigenvalue weighted by molar-refractivity contribution is 6.30. The van der Waals surface area contributed by atoms with Crippen LogP contribution in [0.15, 0.2) is 30.5 Å². The third kappa shape index (κ3) is 5.04. The molecule has 0 aliphatic rings. The molecule has 0 fully saturated rings. The van der Waals surface area contributed by atoms with E-state index in [1.54, 1.807) is 15.8 Å². The number of nitrogens with two attached hydrogens (primary N) is 1. The largest absolute Gasteiger partial charge is 0.333 e. The van der Waals surface area contributed by atoms with Crippen molar-refractivity contribution in [2.24, 2.45) is 5.73 Å². The third-order valence-electron chi connectivity index (χ3n) is 3.47. The molecule has 0 unspecified atom stereocenters. The highest BCUT2D eigenvalue weighted by Gasteiger charge is 2.19. The summed E-state index contributed by atoms with van der Waals surface area (Å²) in [6.45, 7) is 4.32. The third-order valence-corrected chi connectivity index (χ3v) is 3.72. The normalized spacial score (nSPS) is 10.7. The average Bonchev–Trinajstić information content (AvgIpc) is 3.01. The van der Waals surface area contributed by atoms with Crippen LogP contribution >= 0.6 is 11.6 Å². The predicted octanol–water partition coefficient (Wildman–Crippen LogP) is 2.33. The summed E-state index contributed by atoms with van der Waals surface area (Å²) in [7, 11) is 0. The SMILES string of the molecule is CCCCN(Cc1ccc(Cl)cc1)C(=O)c1cn(CCN)nn1. The number of aromatic nitrogens is 3. The van der Waals surface area contributed by atoms with Crippen LogP contribution in [0.25, 0.3) is 0 Å². The Morgan fingerprint density at radius 3 is 2.74 bits per heavy atom. The molecule has 1 heterocycles. The Labute approximate surface area is 141 Å². The molecule has 0 bridgehead atoms. The zero-order valence-electron chi connectivity index (χ0n) is 13.3. The van der Waals surface area contributed by atoms with Gasteiger partial charge in [-0.1, -0.05) is 42.3 Å². The Kier molecular flexibility index (Phi) is 6.55. The fraction of sp³-hybridized carbons (Fsp3) is 0.438. The summed E-state index contributed by atoms with van der Waals surface area (Å²) in [6.07, 6.45) is 3.61. The summed E-state index contributed by atoms with van der Waals surface area (Å²) in [4.78, 5) is 14.5. The Morgan fingerprint density at radius 1 is 1.35 bits per heavy atom. The lowest BCUT2D eigenvalue weighted by Crippen LogP contribution is -2.31. The van der Waals surface area contributed by atoms with Crippen molar-refractivity contribution < 1.29 is 4.79 Å². The molecule has 6 nitrogen and oxygen atoms in total. The van der Waals surface area contributed by atoms with E-state index in [1.165, 1.54) is 0 Å². The number of hydrogen-bond donors (Lipinski definition) is 1. The summed E-state index contributed by atoms with van der Waals surface area (Å²) in [5, 5.41) is 8.58. The number of hydrogen-bond acceptors (Lipinski definition) is 4. The van der Waals surface area contributed by atoms with Crippen molar-refractivity contribution in [3.8, 4) is 0 Å². The van der Waals surface area contributed by atoms with Crippen molar-refractivity contribution in [3.63, 3.8) is 0 Å². The predicted molar refractivity (Wildman–Crippen MR) is 90.2 cm³/mol. The van der Waals surface area contributed by atoms with E-state index >= 15 is 0 Å². The quantitative estimate of drug-likeness (QED) is 0.803. The molecular formula is C16H22ClN5O. The maximum absolute atomic E-state index is 12.7.